The van der Waals surface area contributed by atoms with Gasteiger partial charge in [-0.2, -0.15) is 0 Å². The minimum absolute atomic E-state index is 0.0740. The van der Waals surface area contributed by atoms with E-state index in [4.69, 9.17) is 17.0 Å². The maximum atomic E-state index is 12.7. The van der Waals surface area contributed by atoms with E-state index in [1.54, 1.807) is 37.2 Å². The minimum atomic E-state index is -0.327. The number of aryl methyl sites for hydroxylation is 1. The molecule has 0 saturated heterocycles. The number of hydrogen-bond donors (Lipinski definition) is 2. The number of halogens is 1. The zero-order chi connectivity index (χ0) is 25.2. The third-order valence-corrected chi connectivity index (χ3v) is 6.05. The number of hydrogen-bond acceptors (Lipinski definition) is 4. The average Bonchev–Trinajstić information content (AvgIpc) is 2.84. The van der Waals surface area contributed by atoms with Gasteiger partial charge in [0, 0.05) is 38.2 Å². The molecule has 3 aromatic rings. The number of nitrogens with zero attached hydrogens (tertiary/aromatic N) is 1. The van der Waals surface area contributed by atoms with Gasteiger partial charge >= 0.3 is 0 Å². The molecule has 35 heavy (non-hydrogen) atoms. The van der Waals surface area contributed by atoms with Gasteiger partial charge in [0.05, 0.1) is 11.1 Å². The molecule has 0 aliphatic rings. The molecule has 0 aromatic heterocycles. The van der Waals surface area contributed by atoms with Gasteiger partial charge in [-0.15, -0.1) is 0 Å². The number of rotatable bonds is 9. The molecule has 0 fully saturated rings. The quantitative estimate of drug-likeness (QED) is 0.355. The van der Waals surface area contributed by atoms with Gasteiger partial charge in [0.1, 0.15) is 5.75 Å². The first-order chi connectivity index (χ1) is 16.8. The molecule has 3 aromatic carbocycles. The lowest BCUT2D eigenvalue weighted by atomic mass is 10.1. The maximum Gasteiger partial charge on any atom is 0.257 e. The fourth-order valence-corrected chi connectivity index (χ4v) is 4.00. The molecule has 8 heteroatoms. The van der Waals surface area contributed by atoms with Crippen molar-refractivity contribution in [2.24, 2.45) is 0 Å². The Bertz CT molecular complexity index is 1190. The SMILES string of the molecule is CN(C)C(=O)CCc1cccc(NC(=S)NC(=O)c2ccc(OCCc3ccccc3)c(Br)c2)c1. The molecule has 0 aliphatic carbocycles. The number of carbonyl (C=O) groups excluding carboxylic acids is 2. The van der Waals surface area contributed by atoms with Crippen LogP contribution in [0.25, 0.3) is 0 Å². The Balaban J connectivity index is 1.51. The molecule has 2 amide bonds. The smallest absolute Gasteiger partial charge is 0.257 e. The Kier molecular flexibility index (Phi) is 9.81. The number of thiocarbonyl (C=S) groups is 1. The predicted octanol–water partition coefficient (Wildman–Crippen LogP) is 5.22. The number of benzene rings is 3. The van der Waals surface area contributed by atoms with E-state index in [1.807, 2.05) is 42.5 Å². The highest BCUT2D eigenvalue weighted by Gasteiger charge is 2.12. The van der Waals surface area contributed by atoms with E-state index in [1.165, 1.54) is 5.56 Å². The van der Waals surface area contributed by atoms with Crippen LogP contribution in [0.4, 0.5) is 5.69 Å². The van der Waals surface area contributed by atoms with Crippen molar-refractivity contribution in [3.8, 4) is 5.75 Å². The second kappa shape index (κ2) is 13.0. The fraction of sp³-hybridized carbons (Fsp3) is 0.222. The van der Waals surface area contributed by atoms with Gasteiger partial charge in [-0.1, -0.05) is 42.5 Å². The predicted molar refractivity (Wildman–Crippen MR) is 147 cm³/mol. The lowest BCUT2D eigenvalue weighted by Crippen LogP contribution is -2.34. The van der Waals surface area contributed by atoms with Crippen LogP contribution in [0.2, 0.25) is 0 Å². The van der Waals surface area contributed by atoms with Crippen LogP contribution in [-0.2, 0) is 17.6 Å². The van der Waals surface area contributed by atoms with Crippen molar-refractivity contribution in [3.05, 3.63) is 94.0 Å². The third-order valence-electron chi connectivity index (χ3n) is 5.22. The first kappa shape index (κ1) is 26.4. The number of anilines is 1. The molecule has 6 nitrogen and oxygen atoms in total. The third kappa shape index (κ3) is 8.49. The number of nitrogens with one attached hydrogen (secondary N) is 2. The molecule has 3 rings (SSSR count). The van der Waals surface area contributed by atoms with Crippen molar-refractivity contribution >= 4 is 50.8 Å². The van der Waals surface area contributed by atoms with E-state index in [0.29, 0.717) is 35.2 Å². The van der Waals surface area contributed by atoms with Crippen LogP contribution in [0, 0.1) is 0 Å². The summed E-state index contributed by atoms with van der Waals surface area (Å²) in [5, 5.41) is 5.92. The van der Waals surface area contributed by atoms with Crippen molar-refractivity contribution in [1.29, 1.82) is 0 Å². The maximum absolute atomic E-state index is 12.7. The van der Waals surface area contributed by atoms with Crippen molar-refractivity contribution < 1.29 is 14.3 Å². The standard InChI is InChI=1S/C27H28BrN3O3S/c1-31(2)25(32)14-11-20-9-6-10-22(17-20)29-27(35)30-26(33)21-12-13-24(23(28)18-21)34-16-15-19-7-4-3-5-8-19/h3-10,12-13,17-18H,11,14-16H2,1-2H3,(H2,29,30,33,35). The molecular weight excluding hydrogens is 526 g/mol. The summed E-state index contributed by atoms with van der Waals surface area (Å²) in [5.41, 5.74) is 3.40. The summed E-state index contributed by atoms with van der Waals surface area (Å²) >= 11 is 8.80. The van der Waals surface area contributed by atoms with Crippen LogP contribution in [0.5, 0.6) is 5.75 Å². The number of ether oxygens (including phenoxy) is 1. The van der Waals surface area contributed by atoms with Gasteiger partial charge in [0.2, 0.25) is 5.91 Å². The lowest BCUT2D eigenvalue weighted by molar-refractivity contribution is -0.128. The molecular formula is C27H28BrN3O3S. The summed E-state index contributed by atoms with van der Waals surface area (Å²) in [6.07, 6.45) is 1.85. The summed E-state index contributed by atoms with van der Waals surface area (Å²) in [4.78, 5) is 26.1. The van der Waals surface area contributed by atoms with E-state index in [-0.39, 0.29) is 16.9 Å². The first-order valence-corrected chi connectivity index (χ1v) is 12.4. The van der Waals surface area contributed by atoms with Crippen LogP contribution in [0.1, 0.15) is 27.9 Å². The first-order valence-electron chi connectivity index (χ1n) is 11.2. The van der Waals surface area contributed by atoms with Crippen LogP contribution in [-0.4, -0.2) is 42.5 Å². The molecule has 182 valence electrons. The van der Waals surface area contributed by atoms with E-state index < -0.39 is 0 Å². The highest BCUT2D eigenvalue weighted by Crippen LogP contribution is 2.26. The highest BCUT2D eigenvalue weighted by atomic mass is 79.9. The van der Waals surface area contributed by atoms with Gasteiger partial charge in [-0.25, -0.2) is 0 Å². The molecule has 0 radical (unpaired) electrons. The highest BCUT2D eigenvalue weighted by molar-refractivity contribution is 9.10. The lowest BCUT2D eigenvalue weighted by Gasteiger charge is -2.13. The zero-order valence-corrected chi connectivity index (χ0v) is 22.1. The summed E-state index contributed by atoms with van der Waals surface area (Å²) in [6.45, 7) is 0.532. The molecule has 0 aliphatic heterocycles. The Morgan fingerprint density at radius 1 is 0.943 bits per heavy atom. The average molecular weight is 555 g/mol. The monoisotopic (exact) mass is 553 g/mol. The molecule has 0 saturated carbocycles. The Morgan fingerprint density at radius 3 is 2.40 bits per heavy atom. The van der Waals surface area contributed by atoms with Crippen molar-refractivity contribution in [2.45, 2.75) is 19.3 Å². The molecule has 2 N–H and O–H groups in total. The number of carbonyl (C=O) groups is 2. The van der Waals surface area contributed by atoms with Crippen LogP contribution in [0.15, 0.2) is 77.3 Å². The second-order valence-corrected chi connectivity index (χ2v) is 9.39. The minimum Gasteiger partial charge on any atom is -0.492 e. The second-order valence-electron chi connectivity index (χ2n) is 8.13. The summed E-state index contributed by atoms with van der Waals surface area (Å²) in [5.74, 6) is 0.416. The van der Waals surface area contributed by atoms with Crippen LogP contribution in [0.3, 0.4) is 0 Å². The van der Waals surface area contributed by atoms with Crippen molar-refractivity contribution in [3.63, 3.8) is 0 Å². The Morgan fingerprint density at radius 2 is 1.69 bits per heavy atom. The van der Waals surface area contributed by atoms with Crippen molar-refractivity contribution in [2.75, 3.05) is 26.0 Å². The molecule has 0 unspecified atom stereocenters. The Hall–Kier alpha value is -3.23. The zero-order valence-electron chi connectivity index (χ0n) is 19.7. The van der Waals surface area contributed by atoms with E-state index >= 15 is 0 Å². The van der Waals surface area contributed by atoms with Gasteiger partial charge < -0.3 is 15.0 Å². The fourth-order valence-electron chi connectivity index (χ4n) is 3.30. The van der Waals surface area contributed by atoms with E-state index in [9.17, 15) is 9.59 Å². The topological polar surface area (TPSA) is 70.7 Å². The number of amides is 2. The van der Waals surface area contributed by atoms with Gasteiger partial charge in [0.25, 0.3) is 5.91 Å². The molecule has 0 spiro atoms. The Labute approximate surface area is 219 Å². The summed E-state index contributed by atoms with van der Waals surface area (Å²) in [7, 11) is 3.49. The van der Waals surface area contributed by atoms with Crippen molar-refractivity contribution in [1.82, 2.24) is 10.2 Å². The normalized spacial score (nSPS) is 10.4. The van der Waals surface area contributed by atoms with E-state index in [0.717, 1.165) is 17.7 Å². The molecule has 0 atom stereocenters. The van der Waals surface area contributed by atoms with Crippen LogP contribution >= 0.6 is 28.1 Å². The summed E-state index contributed by atoms with van der Waals surface area (Å²) in [6, 6.07) is 22.9. The summed E-state index contributed by atoms with van der Waals surface area (Å²) < 4.78 is 6.55. The molecule has 0 heterocycles. The molecule has 0 bridgehead atoms. The van der Waals surface area contributed by atoms with Gasteiger partial charge in [-0.3, -0.25) is 14.9 Å². The van der Waals surface area contributed by atoms with Gasteiger partial charge in [-0.05, 0) is 76.0 Å². The van der Waals surface area contributed by atoms with Gasteiger partial charge in [0.15, 0.2) is 5.11 Å². The van der Waals surface area contributed by atoms with Crippen LogP contribution < -0.4 is 15.4 Å². The van der Waals surface area contributed by atoms with E-state index in [2.05, 4.69) is 38.7 Å². The largest absolute Gasteiger partial charge is 0.492 e.